The molecule has 0 aliphatic heterocycles. The Bertz CT molecular complexity index is 521. The molecular formula is C16H20FNS. The zero-order chi connectivity index (χ0) is 13.7. The van der Waals surface area contributed by atoms with Crippen molar-refractivity contribution in [1.82, 2.24) is 0 Å². The molecule has 0 saturated heterocycles. The van der Waals surface area contributed by atoms with Gasteiger partial charge in [-0.1, -0.05) is 19.1 Å². The van der Waals surface area contributed by atoms with Gasteiger partial charge in [-0.25, -0.2) is 4.39 Å². The van der Waals surface area contributed by atoms with Crippen molar-refractivity contribution in [1.29, 1.82) is 0 Å². The highest BCUT2D eigenvalue weighted by Crippen LogP contribution is 2.22. The second-order valence-corrected chi connectivity index (χ2v) is 6.11. The minimum Gasteiger partial charge on any atom is -0.330 e. The van der Waals surface area contributed by atoms with Crippen molar-refractivity contribution >= 4 is 11.3 Å². The molecule has 2 aromatic rings. The van der Waals surface area contributed by atoms with Crippen molar-refractivity contribution in [2.75, 3.05) is 6.54 Å². The number of aryl methyl sites for hydroxylation is 1. The monoisotopic (exact) mass is 277 g/mol. The van der Waals surface area contributed by atoms with Crippen LogP contribution in [0.25, 0.3) is 0 Å². The van der Waals surface area contributed by atoms with Gasteiger partial charge in [0.25, 0.3) is 0 Å². The van der Waals surface area contributed by atoms with Gasteiger partial charge in [-0.3, -0.25) is 0 Å². The topological polar surface area (TPSA) is 26.0 Å². The van der Waals surface area contributed by atoms with Crippen molar-refractivity contribution in [3.8, 4) is 0 Å². The summed E-state index contributed by atoms with van der Waals surface area (Å²) in [5, 5.41) is 0. The lowest BCUT2D eigenvalue weighted by Crippen LogP contribution is -2.19. The summed E-state index contributed by atoms with van der Waals surface area (Å²) in [6.45, 7) is 2.80. The van der Waals surface area contributed by atoms with Gasteiger partial charge in [-0.2, -0.15) is 0 Å². The summed E-state index contributed by atoms with van der Waals surface area (Å²) in [6, 6.07) is 11.2. The van der Waals surface area contributed by atoms with Crippen LogP contribution in [0.15, 0.2) is 36.4 Å². The fraction of sp³-hybridized carbons (Fsp3) is 0.375. The summed E-state index contributed by atoms with van der Waals surface area (Å²) in [7, 11) is 0. The van der Waals surface area contributed by atoms with E-state index in [0.717, 1.165) is 24.8 Å². The average Bonchev–Trinajstić information content (AvgIpc) is 2.85. The van der Waals surface area contributed by atoms with Crippen LogP contribution in [-0.2, 0) is 19.3 Å². The van der Waals surface area contributed by atoms with E-state index < -0.39 is 0 Å². The van der Waals surface area contributed by atoms with Crippen LogP contribution in [0.1, 0.15) is 22.2 Å². The number of benzene rings is 1. The van der Waals surface area contributed by atoms with E-state index in [1.807, 2.05) is 17.4 Å². The Morgan fingerprint density at radius 3 is 2.58 bits per heavy atom. The van der Waals surface area contributed by atoms with Crippen molar-refractivity contribution in [3.05, 3.63) is 57.5 Å². The predicted molar refractivity (Wildman–Crippen MR) is 80.0 cm³/mol. The average molecular weight is 277 g/mol. The van der Waals surface area contributed by atoms with E-state index in [1.54, 1.807) is 12.1 Å². The molecule has 0 spiro atoms. The van der Waals surface area contributed by atoms with E-state index >= 15 is 0 Å². The van der Waals surface area contributed by atoms with Gasteiger partial charge in [0.15, 0.2) is 0 Å². The highest BCUT2D eigenvalue weighted by molar-refractivity contribution is 7.11. The third-order valence-electron chi connectivity index (χ3n) is 3.30. The highest BCUT2D eigenvalue weighted by Gasteiger charge is 2.11. The molecule has 1 aromatic carbocycles. The van der Waals surface area contributed by atoms with E-state index in [4.69, 9.17) is 5.73 Å². The van der Waals surface area contributed by atoms with Gasteiger partial charge in [0.1, 0.15) is 5.82 Å². The predicted octanol–water partition coefficient (Wildman–Crippen LogP) is 3.81. The maximum Gasteiger partial charge on any atom is 0.123 e. The molecule has 2 N–H and O–H groups in total. The summed E-state index contributed by atoms with van der Waals surface area (Å²) in [5.74, 6) is 0.211. The lowest BCUT2D eigenvalue weighted by Gasteiger charge is -2.13. The summed E-state index contributed by atoms with van der Waals surface area (Å²) in [5.41, 5.74) is 6.89. The van der Waals surface area contributed by atoms with E-state index in [1.165, 1.54) is 15.8 Å². The summed E-state index contributed by atoms with van der Waals surface area (Å²) < 4.78 is 13.2. The fourth-order valence-corrected chi connectivity index (χ4v) is 3.31. The Balaban J connectivity index is 2.00. The molecule has 19 heavy (non-hydrogen) atoms. The van der Waals surface area contributed by atoms with Gasteiger partial charge in [0.05, 0.1) is 0 Å². The standard InChI is InChI=1S/C16H20FNS/c1-2-15-6-7-16(19-15)10-13(11-18)8-12-4-3-5-14(17)9-12/h3-7,9,13H,2,8,10-11,18H2,1H3. The third-order valence-corrected chi connectivity index (χ3v) is 4.55. The summed E-state index contributed by atoms with van der Waals surface area (Å²) in [4.78, 5) is 2.79. The quantitative estimate of drug-likeness (QED) is 0.853. The minimum atomic E-state index is -0.169. The van der Waals surface area contributed by atoms with Crippen molar-refractivity contribution in [2.45, 2.75) is 26.2 Å². The van der Waals surface area contributed by atoms with Crippen LogP contribution in [0.4, 0.5) is 4.39 Å². The van der Waals surface area contributed by atoms with E-state index in [2.05, 4.69) is 19.1 Å². The van der Waals surface area contributed by atoms with E-state index in [-0.39, 0.29) is 5.82 Å². The van der Waals surface area contributed by atoms with Crippen LogP contribution in [0.2, 0.25) is 0 Å². The summed E-state index contributed by atoms with van der Waals surface area (Å²) in [6.07, 6.45) is 2.91. The largest absolute Gasteiger partial charge is 0.330 e. The van der Waals surface area contributed by atoms with Crippen molar-refractivity contribution in [2.24, 2.45) is 11.7 Å². The Hall–Kier alpha value is -1.19. The van der Waals surface area contributed by atoms with Crippen LogP contribution >= 0.6 is 11.3 Å². The maximum absolute atomic E-state index is 13.2. The molecule has 3 heteroatoms. The normalized spacial score (nSPS) is 12.6. The highest BCUT2D eigenvalue weighted by atomic mass is 32.1. The number of nitrogens with two attached hydrogens (primary N) is 1. The van der Waals surface area contributed by atoms with Gasteiger partial charge >= 0.3 is 0 Å². The van der Waals surface area contributed by atoms with Gasteiger partial charge in [0.2, 0.25) is 0 Å². The van der Waals surface area contributed by atoms with Crippen LogP contribution in [0.3, 0.4) is 0 Å². The molecule has 102 valence electrons. The van der Waals surface area contributed by atoms with Gasteiger partial charge in [0, 0.05) is 9.75 Å². The Morgan fingerprint density at radius 1 is 1.16 bits per heavy atom. The lowest BCUT2D eigenvalue weighted by molar-refractivity contribution is 0.534. The molecule has 2 rings (SSSR count). The molecule has 1 nitrogen and oxygen atoms in total. The minimum absolute atomic E-state index is 0.169. The molecule has 0 aliphatic carbocycles. The molecule has 0 amide bonds. The van der Waals surface area contributed by atoms with Gasteiger partial charge < -0.3 is 5.73 Å². The lowest BCUT2D eigenvalue weighted by atomic mass is 9.95. The Kier molecular flexibility index (Phi) is 5.11. The number of hydrogen-bond donors (Lipinski definition) is 1. The number of rotatable bonds is 6. The smallest absolute Gasteiger partial charge is 0.123 e. The first-order valence-corrected chi connectivity index (χ1v) is 7.55. The molecule has 1 unspecified atom stereocenters. The first-order valence-electron chi connectivity index (χ1n) is 6.73. The molecule has 0 saturated carbocycles. The zero-order valence-corrected chi connectivity index (χ0v) is 12.0. The van der Waals surface area contributed by atoms with Gasteiger partial charge in [-0.15, -0.1) is 11.3 Å². The first kappa shape index (κ1) is 14.2. The first-order chi connectivity index (χ1) is 9.21. The number of hydrogen-bond acceptors (Lipinski definition) is 2. The molecule has 0 bridgehead atoms. The van der Waals surface area contributed by atoms with Crippen molar-refractivity contribution < 1.29 is 4.39 Å². The molecule has 0 fully saturated rings. The second kappa shape index (κ2) is 6.83. The number of halogens is 1. The number of thiophene rings is 1. The van der Waals surface area contributed by atoms with E-state index in [9.17, 15) is 4.39 Å². The zero-order valence-electron chi connectivity index (χ0n) is 11.2. The molecule has 0 aliphatic rings. The maximum atomic E-state index is 13.2. The Morgan fingerprint density at radius 2 is 1.95 bits per heavy atom. The van der Waals surface area contributed by atoms with Crippen LogP contribution < -0.4 is 5.73 Å². The molecule has 1 heterocycles. The van der Waals surface area contributed by atoms with Crippen LogP contribution in [-0.4, -0.2) is 6.54 Å². The SMILES string of the molecule is CCc1ccc(CC(CN)Cc2cccc(F)c2)s1. The third kappa shape index (κ3) is 4.15. The molecular weight excluding hydrogens is 257 g/mol. The molecule has 1 aromatic heterocycles. The van der Waals surface area contributed by atoms with Crippen LogP contribution in [0.5, 0.6) is 0 Å². The Labute approximate surface area is 118 Å². The molecule has 1 atom stereocenters. The van der Waals surface area contributed by atoms with Crippen LogP contribution in [0, 0.1) is 11.7 Å². The fourth-order valence-electron chi connectivity index (χ4n) is 2.24. The second-order valence-electron chi connectivity index (χ2n) is 4.86. The summed E-state index contributed by atoms with van der Waals surface area (Å²) >= 11 is 1.86. The molecule has 0 radical (unpaired) electrons. The van der Waals surface area contributed by atoms with Crippen molar-refractivity contribution in [3.63, 3.8) is 0 Å². The van der Waals surface area contributed by atoms with Gasteiger partial charge in [-0.05, 0) is 61.6 Å². The van der Waals surface area contributed by atoms with E-state index in [0.29, 0.717) is 12.5 Å².